The van der Waals surface area contributed by atoms with E-state index in [2.05, 4.69) is 4.98 Å². The van der Waals surface area contributed by atoms with E-state index in [9.17, 15) is 4.39 Å². The van der Waals surface area contributed by atoms with Crippen LogP contribution in [-0.4, -0.2) is 15.7 Å². The Morgan fingerprint density at radius 1 is 1.33 bits per heavy atom. The fourth-order valence-corrected chi connectivity index (χ4v) is 1.87. The van der Waals surface area contributed by atoms with Gasteiger partial charge in [0.1, 0.15) is 6.17 Å². The molecule has 1 fully saturated rings. The van der Waals surface area contributed by atoms with Crippen LogP contribution in [0.25, 0.3) is 0 Å². The Balaban J connectivity index is 2.11. The molecule has 66 valence electrons. The molecule has 1 aliphatic rings. The van der Waals surface area contributed by atoms with Crippen molar-refractivity contribution in [3.05, 3.63) is 18.7 Å². The molecule has 0 aliphatic heterocycles. The Bertz CT molecular complexity index is 233. The largest absolute Gasteiger partial charge is 0.332 e. The number of hydrogen-bond acceptors (Lipinski definition) is 1. The van der Waals surface area contributed by atoms with Gasteiger partial charge in [-0.2, -0.15) is 0 Å². The summed E-state index contributed by atoms with van der Waals surface area (Å²) in [4.78, 5) is 3.93. The average molecular weight is 168 g/mol. The van der Waals surface area contributed by atoms with Crippen LogP contribution in [-0.2, 0) is 0 Å². The van der Waals surface area contributed by atoms with Crippen molar-refractivity contribution in [1.29, 1.82) is 0 Å². The highest BCUT2D eigenvalue weighted by Crippen LogP contribution is 2.30. The number of imidazole rings is 1. The summed E-state index contributed by atoms with van der Waals surface area (Å²) in [5.41, 5.74) is 0. The van der Waals surface area contributed by atoms with Gasteiger partial charge in [-0.05, 0) is 12.8 Å². The summed E-state index contributed by atoms with van der Waals surface area (Å²) in [6, 6.07) is 0.0428. The van der Waals surface area contributed by atoms with Gasteiger partial charge in [0.2, 0.25) is 0 Å². The van der Waals surface area contributed by atoms with Crippen LogP contribution in [0.2, 0.25) is 0 Å². The summed E-state index contributed by atoms with van der Waals surface area (Å²) in [5, 5.41) is 0. The first kappa shape index (κ1) is 7.77. The molecule has 0 spiro atoms. The Hall–Kier alpha value is -0.860. The molecule has 1 aliphatic carbocycles. The van der Waals surface area contributed by atoms with Crippen LogP contribution in [0, 0.1) is 0 Å². The zero-order valence-corrected chi connectivity index (χ0v) is 6.99. The number of aromatic nitrogens is 2. The van der Waals surface area contributed by atoms with Crippen molar-refractivity contribution in [1.82, 2.24) is 9.55 Å². The van der Waals surface area contributed by atoms with E-state index in [4.69, 9.17) is 0 Å². The molecular formula is C9H13FN2. The molecule has 1 aromatic rings. The molecule has 2 rings (SSSR count). The van der Waals surface area contributed by atoms with Gasteiger partial charge in [0.05, 0.1) is 12.4 Å². The molecule has 0 N–H and O–H groups in total. The molecule has 1 heterocycles. The Morgan fingerprint density at radius 3 is 2.83 bits per heavy atom. The molecule has 0 bridgehead atoms. The molecule has 0 radical (unpaired) electrons. The Kier molecular flexibility index (Phi) is 2.11. The second-order valence-corrected chi connectivity index (χ2v) is 3.38. The van der Waals surface area contributed by atoms with E-state index in [-0.39, 0.29) is 6.04 Å². The van der Waals surface area contributed by atoms with E-state index >= 15 is 0 Å². The fraction of sp³-hybridized carbons (Fsp3) is 0.667. The second-order valence-electron chi connectivity index (χ2n) is 3.38. The van der Waals surface area contributed by atoms with Gasteiger partial charge < -0.3 is 4.57 Å². The van der Waals surface area contributed by atoms with E-state index in [1.54, 1.807) is 12.5 Å². The third-order valence-electron chi connectivity index (χ3n) is 2.56. The first-order valence-electron chi connectivity index (χ1n) is 4.49. The Morgan fingerprint density at radius 2 is 2.17 bits per heavy atom. The van der Waals surface area contributed by atoms with Crippen molar-refractivity contribution < 1.29 is 4.39 Å². The highest BCUT2D eigenvalue weighted by Gasteiger charge is 2.25. The van der Waals surface area contributed by atoms with Gasteiger partial charge in [0.25, 0.3) is 0 Å². The SMILES string of the molecule is F[C@@H]1CCCC[C@H]1n1ccnc1. The van der Waals surface area contributed by atoms with Crippen LogP contribution in [0.1, 0.15) is 31.7 Å². The maximum Gasteiger partial charge on any atom is 0.121 e. The van der Waals surface area contributed by atoms with Crippen LogP contribution in [0.15, 0.2) is 18.7 Å². The van der Waals surface area contributed by atoms with Crippen LogP contribution in [0.5, 0.6) is 0 Å². The highest BCUT2D eigenvalue weighted by molar-refractivity contribution is 4.86. The quantitative estimate of drug-likeness (QED) is 0.629. The van der Waals surface area contributed by atoms with Crippen molar-refractivity contribution in [2.45, 2.75) is 37.9 Å². The van der Waals surface area contributed by atoms with Gasteiger partial charge in [-0.25, -0.2) is 9.37 Å². The molecule has 0 aromatic carbocycles. The number of rotatable bonds is 1. The van der Waals surface area contributed by atoms with Crippen molar-refractivity contribution in [2.75, 3.05) is 0 Å². The lowest BCUT2D eigenvalue weighted by Gasteiger charge is -2.26. The summed E-state index contributed by atoms with van der Waals surface area (Å²) >= 11 is 0. The summed E-state index contributed by atoms with van der Waals surface area (Å²) in [6.07, 6.45) is 8.44. The number of hydrogen-bond donors (Lipinski definition) is 0. The monoisotopic (exact) mass is 168 g/mol. The van der Waals surface area contributed by atoms with Crippen molar-refractivity contribution >= 4 is 0 Å². The predicted octanol–water partition coefficient (Wildman–Crippen LogP) is 2.34. The van der Waals surface area contributed by atoms with Crippen molar-refractivity contribution in [3.8, 4) is 0 Å². The molecule has 1 aromatic heterocycles. The van der Waals surface area contributed by atoms with E-state index in [1.165, 1.54) is 0 Å². The van der Waals surface area contributed by atoms with Crippen LogP contribution in [0.3, 0.4) is 0 Å². The summed E-state index contributed by atoms with van der Waals surface area (Å²) < 4.78 is 15.3. The molecule has 0 saturated heterocycles. The van der Waals surface area contributed by atoms with E-state index in [0.717, 1.165) is 19.3 Å². The topological polar surface area (TPSA) is 17.8 Å². The first-order chi connectivity index (χ1) is 5.88. The lowest BCUT2D eigenvalue weighted by molar-refractivity contribution is 0.170. The third-order valence-corrected chi connectivity index (χ3v) is 2.56. The van der Waals surface area contributed by atoms with Gasteiger partial charge in [-0.1, -0.05) is 12.8 Å². The molecule has 0 amide bonds. The van der Waals surface area contributed by atoms with Crippen LogP contribution >= 0.6 is 0 Å². The van der Waals surface area contributed by atoms with E-state index in [1.807, 2.05) is 10.8 Å². The van der Waals surface area contributed by atoms with Gasteiger partial charge in [0, 0.05) is 12.4 Å². The summed E-state index contributed by atoms with van der Waals surface area (Å²) in [7, 11) is 0. The minimum atomic E-state index is -0.673. The Labute approximate surface area is 71.4 Å². The van der Waals surface area contributed by atoms with Gasteiger partial charge >= 0.3 is 0 Å². The zero-order valence-electron chi connectivity index (χ0n) is 6.99. The third kappa shape index (κ3) is 1.36. The maximum atomic E-state index is 13.4. The molecule has 0 unspecified atom stereocenters. The minimum absolute atomic E-state index is 0.0428. The number of nitrogens with zero attached hydrogens (tertiary/aromatic N) is 2. The van der Waals surface area contributed by atoms with Crippen molar-refractivity contribution in [2.24, 2.45) is 0 Å². The average Bonchev–Trinajstić information content (AvgIpc) is 2.57. The van der Waals surface area contributed by atoms with Gasteiger partial charge in [-0.15, -0.1) is 0 Å². The smallest absolute Gasteiger partial charge is 0.121 e. The molecule has 1 saturated carbocycles. The number of alkyl halides is 1. The zero-order chi connectivity index (χ0) is 8.39. The van der Waals surface area contributed by atoms with E-state index < -0.39 is 6.17 Å². The molecule has 3 heteroatoms. The normalized spacial score (nSPS) is 30.4. The van der Waals surface area contributed by atoms with E-state index in [0.29, 0.717) is 6.42 Å². The molecule has 2 atom stereocenters. The molecule has 12 heavy (non-hydrogen) atoms. The molecular weight excluding hydrogens is 155 g/mol. The summed E-state index contributed by atoms with van der Waals surface area (Å²) in [5.74, 6) is 0. The van der Waals surface area contributed by atoms with Crippen molar-refractivity contribution in [3.63, 3.8) is 0 Å². The number of halogens is 1. The summed E-state index contributed by atoms with van der Waals surface area (Å²) in [6.45, 7) is 0. The van der Waals surface area contributed by atoms with Crippen LogP contribution < -0.4 is 0 Å². The minimum Gasteiger partial charge on any atom is -0.332 e. The second kappa shape index (κ2) is 3.25. The highest BCUT2D eigenvalue weighted by atomic mass is 19.1. The lowest BCUT2D eigenvalue weighted by atomic mass is 9.93. The maximum absolute atomic E-state index is 13.4. The lowest BCUT2D eigenvalue weighted by Crippen LogP contribution is -2.23. The first-order valence-corrected chi connectivity index (χ1v) is 4.49. The van der Waals surface area contributed by atoms with Gasteiger partial charge in [0.15, 0.2) is 0 Å². The van der Waals surface area contributed by atoms with Crippen LogP contribution in [0.4, 0.5) is 4.39 Å². The molecule has 2 nitrogen and oxygen atoms in total. The fourth-order valence-electron chi connectivity index (χ4n) is 1.87. The van der Waals surface area contributed by atoms with Gasteiger partial charge in [-0.3, -0.25) is 0 Å². The predicted molar refractivity (Wildman–Crippen MR) is 44.6 cm³/mol. The standard InChI is InChI=1S/C9H13FN2/c10-8-3-1-2-4-9(8)12-6-5-11-7-12/h5-9H,1-4H2/t8-,9-/m1/s1.